The second-order valence-electron chi connectivity index (χ2n) is 9.05. The molecule has 200 valence electrons. The van der Waals surface area contributed by atoms with Crippen LogP contribution in [-0.2, 0) is 22.7 Å². The number of benzene rings is 2. The van der Waals surface area contributed by atoms with Crippen molar-refractivity contribution in [2.45, 2.75) is 36.5 Å². The van der Waals surface area contributed by atoms with Crippen molar-refractivity contribution in [2.75, 3.05) is 18.8 Å². The summed E-state index contributed by atoms with van der Waals surface area (Å²) in [5.41, 5.74) is 7.69. The summed E-state index contributed by atoms with van der Waals surface area (Å²) in [7, 11) is -4.55. The largest absolute Gasteiger partial charge is 0.416 e. The fourth-order valence-corrected chi connectivity index (χ4v) is 5.68. The normalized spacial score (nSPS) is 16.7. The standard InChI is InChI=1S/C25H24F4N6O2S/c26-19-8-7-17(25(27,28)29)12-21(19)38(36,37)33-13-15-3-5-16(6-4-15)23-22-20(9-11-32-24(22)30)35(34-23)18-2-1-10-31-14-18/h3-9,11-12,18,31,33H,1-2,10,13-14H2,(H2,30,32)/t18-/m1/s1. The molecular formula is C25H24F4N6O2S. The average Bonchev–Trinajstić information content (AvgIpc) is 3.29. The third kappa shape index (κ3) is 5.08. The molecule has 0 aliphatic carbocycles. The number of pyridine rings is 1. The highest BCUT2D eigenvalue weighted by molar-refractivity contribution is 7.89. The number of alkyl halides is 3. The highest BCUT2D eigenvalue weighted by Crippen LogP contribution is 2.34. The van der Waals surface area contributed by atoms with Gasteiger partial charge in [0.15, 0.2) is 0 Å². The van der Waals surface area contributed by atoms with Crippen LogP contribution in [0, 0.1) is 5.82 Å². The van der Waals surface area contributed by atoms with Gasteiger partial charge in [-0.3, -0.25) is 4.68 Å². The zero-order valence-corrected chi connectivity index (χ0v) is 20.8. The molecule has 4 N–H and O–H groups in total. The molecule has 0 spiro atoms. The molecule has 0 saturated carbocycles. The Labute approximate surface area is 215 Å². The van der Waals surface area contributed by atoms with E-state index in [0.29, 0.717) is 34.6 Å². The number of sulfonamides is 1. The number of piperidine rings is 1. The monoisotopic (exact) mass is 548 g/mol. The van der Waals surface area contributed by atoms with Gasteiger partial charge in [0.1, 0.15) is 22.2 Å². The van der Waals surface area contributed by atoms with Gasteiger partial charge in [0.2, 0.25) is 10.0 Å². The van der Waals surface area contributed by atoms with E-state index in [1.807, 2.05) is 10.7 Å². The zero-order chi connectivity index (χ0) is 27.1. The van der Waals surface area contributed by atoms with E-state index in [0.717, 1.165) is 37.0 Å². The van der Waals surface area contributed by atoms with Crippen LogP contribution in [-0.4, -0.2) is 36.3 Å². The van der Waals surface area contributed by atoms with Crippen LogP contribution in [0.1, 0.15) is 30.0 Å². The Morgan fingerprint density at radius 3 is 2.58 bits per heavy atom. The third-order valence-corrected chi connectivity index (χ3v) is 7.92. The fraction of sp³-hybridized carbons (Fsp3) is 0.280. The summed E-state index contributed by atoms with van der Waals surface area (Å²) in [6.45, 7) is 1.48. The number of fused-ring (bicyclic) bond motifs is 1. The zero-order valence-electron chi connectivity index (χ0n) is 20.0. The quantitative estimate of drug-likeness (QED) is 0.311. The minimum Gasteiger partial charge on any atom is -0.383 e. The maximum Gasteiger partial charge on any atom is 0.416 e. The van der Waals surface area contributed by atoms with E-state index in [1.165, 1.54) is 0 Å². The van der Waals surface area contributed by atoms with Crippen molar-refractivity contribution in [1.29, 1.82) is 0 Å². The number of hydrogen-bond donors (Lipinski definition) is 3. The van der Waals surface area contributed by atoms with E-state index >= 15 is 0 Å². The van der Waals surface area contributed by atoms with Crippen LogP contribution < -0.4 is 15.8 Å². The van der Waals surface area contributed by atoms with Crippen molar-refractivity contribution in [2.24, 2.45) is 0 Å². The second kappa shape index (κ2) is 9.97. The lowest BCUT2D eigenvalue weighted by molar-refractivity contribution is -0.137. The minimum absolute atomic E-state index is 0.159. The maximum atomic E-state index is 14.1. The number of anilines is 1. The van der Waals surface area contributed by atoms with Gasteiger partial charge in [-0.15, -0.1) is 0 Å². The number of nitrogens with zero attached hydrogens (tertiary/aromatic N) is 3. The van der Waals surface area contributed by atoms with Gasteiger partial charge >= 0.3 is 6.18 Å². The molecule has 0 radical (unpaired) electrons. The van der Waals surface area contributed by atoms with Gasteiger partial charge < -0.3 is 11.1 Å². The lowest BCUT2D eigenvalue weighted by Crippen LogP contribution is -2.32. The Kier molecular flexibility index (Phi) is 6.84. The average molecular weight is 549 g/mol. The van der Waals surface area contributed by atoms with Crippen LogP contribution in [0.3, 0.4) is 0 Å². The number of aromatic nitrogens is 3. The van der Waals surface area contributed by atoms with E-state index in [9.17, 15) is 26.0 Å². The van der Waals surface area contributed by atoms with Crippen molar-refractivity contribution in [3.05, 3.63) is 71.7 Å². The number of nitrogens with two attached hydrogens (primary N) is 1. The Balaban J connectivity index is 1.39. The van der Waals surface area contributed by atoms with Gasteiger partial charge in [0.05, 0.1) is 22.5 Å². The molecule has 0 bridgehead atoms. The Hall–Kier alpha value is -3.55. The highest BCUT2D eigenvalue weighted by atomic mass is 32.2. The molecular weight excluding hydrogens is 524 g/mol. The number of hydrogen-bond acceptors (Lipinski definition) is 6. The summed E-state index contributed by atoms with van der Waals surface area (Å²) in [5.74, 6) is -0.935. The van der Waals surface area contributed by atoms with E-state index in [2.05, 4.69) is 15.0 Å². The van der Waals surface area contributed by atoms with Gasteiger partial charge in [0, 0.05) is 24.8 Å². The number of rotatable bonds is 6. The summed E-state index contributed by atoms with van der Waals surface area (Å²) in [6, 6.07) is 10.1. The first kappa shape index (κ1) is 26.1. The first-order valence-electron chi connectivity index (χ1n) is 11.8. The van der Waals surface area contributed by atoms with Crippen LogP contribution in [0.25, 0.3) is 22.2 Å². The molecule has 5 rings (SSSR count). The Morgan fingerprint density at radius 2 is 1.89 bits per heavy atom. The molecule has 0 amide bonds. The molecule has 1 aliphatic rings. The maximum absolute atomic E-state index is 14.1. The Bertz CT molecular complexity index is 1580. The lowest BCUT2D eigenvalue weighted by Gasteiger charge is -2.23. The molecule has 13 heteroatoms. The molecule has 38 heavy (non-hydrogen) atoms. The Morgan fingerprint density at radius 1 is 1.13 bits per heavy atom. The van der Waals surface area contributed by atoms with Crippen molar-refractivity contribution in [3.63, 3.8) is 0 Å². The smallest absolute Gasteiger partial charge is 0.383 e. The van der Waals surface area contributed by atoms with Gasteiger partial charge in [0.25, 0.3) is 0 Å². The highest BCUT2D eigenvalue weighted by Gasteiger charge is 2.33. The van der Waals surface area contributed by atoms with Gasteiger partial charge in [-0.2, -0.15) is 18.3 Å². The van der Waals surface area contributed by atoms with Gasteiger partial charge in [-0.05, 0) is 49.2 Å². The minimum atomic E-state index is -4.81. The van der Waals surface area contributed by atoms with Crippen molar-refractivity contribution in [3.8, 4) is 11.3 Å². The van der Waals surface area contributed by atoms with E-state index < -0.39 is 32.5 Å². The molecule has 1 saturated heterocycles. The van der Waals surface area contributed by atoms with Gasteiger partial charge in [-0.25, -0.2) is 22.5 Å². The van der Waals surface area contributed by atoms with Crippen LogP contribution in [0.4, 0.5) is 23.4 Å². The first-order chi connectivity index (χ1) is 18.0. The molecule has 1 aliphatic heterocycles. The van der Waals surface area contributed by atoms with E-state index in [-0.39, 0.29) is 18.7 Å². The predicted molar refractivity (Wildman–Crippen MR) is 134 cm³/mol. The van der Waals surface area contributed by atoms with Crippen LogP contribution in [0.5, 0.6) is 0 Å². The van der Waals surface area contributed by atoms with Crippen LogP contribution >= 0.6 is 0 Å². The number of nitrogens with one attached hydrogen (secondary N) is 2. The molecule has 1 atom stereocenters. The SMILES string of the molecule is Nc1nccc2c1c(-c1ccc(CNS(=O)(=O)c3cc(C(F)(F)F)ccc3F)cc1)nn2[C@@H]1CCCNC1. The molecule has 1 fully saturated rings. The number of nitrogen functional groups attached to an aromatic ring is 1. The number of halogens is 4. The molecule has 2 aromatic heterocycles. The van der Waals surface area contributed by atoms with E-state index in [4.69, 9.17) is 10.8 Å². The molecule has 0 unspecified atom stereocenters. The summed E-state index contributed by atoms with van der Waals surface area (Å²) >= 11 is 0. The van der Waals surface area contributed by atoms with Crippen LogP contribution in [0.15, 0.2) is 59.6 Å². The van der Waals surface area contributed by atoms with Crippen LogP contribution in [0.2, 0.25) is 0 Å². The predicted octanol–water partition coefficient (Wildman–Crippen LogP) is 4.24. The topological polar surface area (TPSA) is 115 Å². The van der Waals surface area contributed by atoms with Crippen molar-refractivity contribution in [1.82, 2.24) is 24.8 Å². The van der Waals surface area contributed by atoms with Crippen molar-refractivity contribution < 1.29 is 26.0 Å². The summed E-state index contributed by atoms with van der Waals surface area (Å²) in [5, 5.41) is 8.94. The third-order valence-electron chi connectivity index (χ3n) is 6.51. The fourth-order valence-electron chi connectivity index (χ4n) is 4.56. The summed E-state index contributed by atoms with van der Waals surface area (Å²) in [6.07, 6.45) is -1.18. The molecule has 4 aromatic rings. The lowest BCUT2D eigenvalue weighted by atomic mass is 10.1. The van der Waals surface area contributed by atoms with Crippen molar-refractivity contribution >= 4 is 26.7 Å². The molecule has 2 aromatic carbocycles. The van der Waals surface area contributed by atoms with E-state index in [1.54, 1.807) is 30.5 Å². The first-order valence-corrected chi connectivity index (χ1v) is 13.3. The summed E-state index contributed by atoms with van der Waals surface area (Å²) < 4.78 is 82.3. The second-order valence-corrected chi connectivity index (χ2v) is 10.8. The van der Waals surface area contributed by atoms with Gasteiger partial charge in [-0.1, -0.05) is 24.3 Å². The molecule has 8 nitrogen and oxygen atoms in total. The molecule has 3 heterocycles. The summed E-state index contributed by atoms with van der Waals surface area (Å²) in [4.78, 5) is 3.15.